The summed E-state index contributed by atoms with van der Waals surface area (Å²) in [5, 5.41) is 2.69. The zero-order valence-electron chi connectivity index (χ0n) is 14.1. The first-order valence-electron chi connectivity index (χ1n) is 8.04. The highest BCUT2D eigenvalue weighted by Crippen LogP contribution is 2.36. The molecule has 0 aliphatic rings. The van der Waals surface area contributed by atoms with Crippen LogP contribution in [0.5, 0.6) is 0 Å². The molecular formula is C21H21N2+. The van der Waals surface area contributed by atoms with Gasteiger partial charge >= 0.3 is 0 Å². The van der Waals surface area contributed by atoms with E-state index in [1.165, 1.54) is 44.3 Å². The predicted octanol–water partition coefficient (Wildman–Crippen LogP) is 4.53. The topological polar surface area (TPSA) is 8.81 Å². The van der Waals surface area contributed by atoms with E-state index in [9.17, 15) is 0 Å². The molecule has 2 nitrogen and oxygen atoms in total. The van der Waals surface area contributed by atoms with Crippen molar-refractivity contribution in [3.63, 3.8) is 0 Å². The summed E-state index contributed by atoms with van der Waals surface area (Å²) in [7, 11) is 2.11. The van der Waals surface area contributed by atoms with Gasteiger partial charge in [-0.05, 0) is 55.7 Å². The Morgan fingerprint density at radius 2 is 1.61 bits per heavy atom. The highest BCUT2D eigenvalue weighted by Gasteiger charge is 2.23. The smallest absolute Gasteiger partial charge is 0.237 e. The molecule has 4 rings (SSSR count). The van der Waals surface area contributed by atoms with Crippen LogP contribution < -0.4 is 4.57 Å². The van der Waals surface area contributed by atoms with Gasteiger partial charge in [-0.15, -0.1) is 0 Å². The van der Waals surface area contributed by atoms with Crippen molar-refractivity contribution < 1.29 is 4.57 Å². The molecule has 0 unspecified atom stereocenters. The van der Waals surface area contributed by atoms with Gasteiger partial charge in [-0.2, -0.15) is 4.57 Å². The molecule has 114 valence electrons. The number of aryl methyl sites for hydroxylation is 4. The molecule has 0 amide bonds. The third kappa shape index (κ3) is 1.91. The van der Waals surface area contributed by atoms with Gasteiger partial charge in [-0.25, -0.2) is 4.57 Å². The van der Waals surface area contributed by atoms with Gasteiger partial charge in [-0.1, -0.05) is 24.3 Å². The summed E-state index contributed by atoms with van der Waals surface area (Å²) < 4.78 is 4.59. The number of para-hydroxylation sites is 1. The molecule has 2 aromatic heterocycles. The fourth-order valence-electron chi connectivity index (χ4n) is 3.67. The Kier molecular flexibility index (Phi) is 3.02. The second kappa shape index (κ2) is 4.95. The molecule has 0 radical (unpaired) electrons. The first-order chi connectivity index (χ1) is 11.1. The molecule has 2 heteroatoms. The van der Waals surface area contributed by atoms with Crippen LogP contribution in [0.1, 0.15) is 16.7 Å². The Morgan fingerprint density at radius 1 is 0.870 bits per heavy atom. The van der Waals surface area contributed by atoms with Gasteiger partial charge < -0.3 is 0 Å². The van der Waals surface area contributed by atoms with Crippen molar-refractivity contribution in [2.75, 3.05) is 0 Å². The van der Waals surface area contributed by atoms with E-state index in [4.69, 9.17) is 0 Å². The highest BCUT2D eigenvalue weighted by atomic mass is 15.1. The summed E-state index contributed by atoms with van der Waals surface area (Å²) in [6, 6.07) is 17.4. The number of nitrogens with zero attached hydrogens (tertiary/aromatic N) is 2. The Bertz CT molecular complexity index is 1050. The van der Waals surface area contributed by atoms with Crippen LogP contribution in [0, 0.1) is 20.8 Å². The van der Waals surface area contributed by atoms with Crippen LogP contribution >= 0.6 is 0 Å². The summed E-state index contributed by atoms with van der Waals surface area (Å²) in [5.41, 5.74) is 6.63. The standard InChI is InChI=1S/C21H21N2/c1-14-13-15(2)20-17-9-5-6-10-18(17)23(21(20)16(14)3)19-11-7-8-12-22(19)4/h5-13H,1-4H3/q+1. The second-order valence-corrected chi connectivity index (χ2v) is 6.38. The molecule has 0 aliphatic carbocycles. The molecule has 0 N–H and O–H groups in total. The van der Waals surface area contributed by atoms with Crippen molar-refractivity contribution in [3.05, 3.63) is 71.4 Å². The monoisotopic (exact) mass is 301 g/mol. The van der Waals surface area contributed by atoms with Crippen LogP contribution in [0.4, 0.5) is 0 Å². The van der Waals surface area contributed by atoms with E-state index in [2.05, 4.69) is 91.7 Å². The summed E-state index contributed by atoms with van der Waals surface area (Å²) in [6.45, 7) is 6.65. The molecule has 0 fully saturated rings. The minimum absolute atomic E-state index is 1.19. The number of hydrogen-bond donors (Lipinski definition) is 0. The highest BCUT2D eigenvalue weighted by molar-refractivity contribution is 6.11. The lowest BCUT2D eigenvalue weighted by Crippen LogP contribution is -2.33. The van der Waals surface area contributed by atoms with E-state index in [0.29, 0.717) is 0 Å². The zero-order valence-corrected chi connectivity index (χ0v) is 14.1. The van der Waals surface area contributed by atoms with Crippen molar-refractivity contribution in [2.24, 2.45) is 7.05 Å². The number of rotatable bonds is 1. The van der Waals surface area contributed by atoms with Crippen LogP contribution in [-0.2, 0) is 7.05 Å². The fraction of sp³-hybridized carbons (Fsp3) is 0.190. The summed E-state index contributed by atoms with van der Waals surface area (Å²) in [6.07, 6.45) is 2.11. The third-order valence-corrected chi connectivity index (χ3v) is 4.91. The van der Waals surface area contributed by atoms with E-state index in [-0.39, 0.29) is 0 Å². The average molecular weight is 301 g/mol. The molecule has 4 aromatic rings. The number of hydrogen-bond acceptors (Lipinski definition) is 0. The quantitative estimate of drug-likeness (QED) is 0.457. The Hall–Kier alpha value is -2.61. The van der Waals surface area contributed by atoms with Gasteiger partial charge in [0.2, 0.25) is 0 Å². The van der Waals surface area contributed by atoms with Crippen LogP contribution in [0.2, 0.25) is 0 Å². The van der Waals surface area contributed by atoms with Gasteiger partial charge in [0.25, 0.3) is 5.82 Å². The van der Waals surface area contributed by atoms with Crippen molar-refractivity contribution in [3.8, 4) is 5.82 Å². The lowest BCUT2D eigenvalue weighted by molar-refractivity contribution is -0.665. The van der Waals surface area contributed by atoms with E-state index in [1.807, 2.05) is 0 Å². The van der Waals surface area contributed by atoms with Crippen LogP contribution in [0.15, 0.2) is 54.7 Å². The Morgan fingerprint density at radius 3 is 2.39 bits per heavy atom. The van der Waals surface area contributed by atoms with E-state index < -0.39 is 0 Å². The summed E-state index contributed by atoms with van der Waals surface area (Å²) in [5.74, 6) is 1.19. The SMILES string of the molecule is Cc1cc(C)c2c3ccccc3n(-c3cccc[n+]3C)c2c1C. The fourth-order valence-corrected chi connectivity index (χ4v) is 3.67. The third-order valence-electron chi connectivity index (χ3n) is 4.91. The summed E-state index contributed by atoms with van der Waals surface area (Å²) in [4.78, 5) is 0. The Labute approximate surface area is 136 Å². The van der Waals surface area contributed by atoms with Crippen molar-refractivity contribution >= 4 is 21.8 Å². The number of aromatic nitrogens is 2. The normalized spacial score (nSPS) is 11.5. The van der Waals surface area contributed by atoms with E-state index in [1.54, 1.807) is 0 Å². The minimum Gasteiger partial charge on any atom is -0.237 e. The van der Waals surface area contributed by atoms with Gasteiger partial charge in [0.05, 0.1) is 13.2 Å². The van der Waals surface area contributed by atoms with Crippen LogP contribution in [-0.4, -0.2) is 4.57 Å². The van der Waals surface area contributed by atoms with E-state index in [0.717, 1.165) is 0 Å². The maximum absolute atomic E-state index is 2.40. The molecular weight excluding hydrogens is 280 g/mol. The molecule has 23 heavy (non-hydrogen) atoms. The van der Waals surface area contributed by atoms with Gasteiger partial charge in [-0.3, -0.25) is 0 Å². The van der Waals surface area contributed by atoms with Crippen molar-refractivity contribution in [1.82, 2.24) is 4.57 Å². The minimum atomic E-state index is 1.19. The molecule has 0 atom stereocenters. The Balaban J connectivity index is 2.33. The van der Waals surface area contributed by atoms with Gasteiger partial charge in [0.15, 0.2) is 0 Å². The second-order valence-electron chi connectivity index (χ2n) is 6.38. The first-order valence-corrected chi connectivity index (χ1v) is 8.04. The van der Waals surface area contributed by atoms with E-state index >= 15 is 0 Å². The molecule has 0 saturated heterocycles. The number of pyridine rings is 1. The van der Waals surface area contributed by atoms with Crippen LogP contribution in [0.3, 0.4) is 0 Å². The molecule has 2 aromatic carbocycles. The molecule has 0 saturated carbocycles. The predicted molar refractivity (Wildman–Crippen MR) is 96.2 cm³/mol. The lowest BCUT2D eigenvalue weighted by atomic mass is 10.00. The molecule has 0 spiro atoms. The maximum atomic E-state index is 2.40. The van der Waals surface area contributed by atoms with Gasteiger partial charge in [0, 0.05) is 16.8 Å². The zero-order chi connectivity index (χ0) is 16.1. The molecule has 0 aliphatic heterocycles. The summed E-state index contributed by atoms with van der Waals surface area (Å²) >= 11 is 0. The van der Waals surface area contributed by atoms with Crippen molar-refractivity contribution in [2.45, 2.75) is 20.8 Å². The average Bonchev–Trinajstić information content (AvgIpc) is 2.89. The van der Waals surface area contributed by atoms with Crippen molar-refractivity contribution in [1.29, 1.82) is 0 Å². The molecule has 2 heterocycles. The largest absolute Gasteiger partial charge is 0.286 e. The number of fused-ring (bicyclic) bond motifs is 3. The maximum Gasteiger partial charge on any atom is 0.286 e. The first kappa shape index (κ1) is 14.0. The number of benzene rings is 2. The molecule has 0 bridgehead atoms. The van der Waals surface area contributed by atoms with Gasteiger partial charge in [0.1, 0.15) is 11.0 Å². The van der Waals surface area contributed by atoms with Crippen LogP contribution in [0.25, 0.3) is 27.6 Å². The lowest BCUT2D eigenvalue weighted by Gasteiger charge is -2.07.